The van der Waals surface area contributed by atoms with E-state index in [1.807, 2.05) is 0 Å². The highest BCUT2D eigenvalue weighted by molar-refractivity contribution is 6.76. The second-order valence-electron chi connectivity index (χ2n) is 4.39. The molecule has 1 atom stereocenters. The molecule has 0 aromatic heterocycles. The number of unbranched alkanes of at least 4 members (excludes halogenated alkanes) is 3. The van der Waals surface area contributed by atoms with Crippen LogP contribution in [0.1, 0.15) is 39.5 Å². The monoisotopic (exact) mass is 381 g/mol. The smallest absolute Gasteiger partial charge is 0.420 e. The van der Waals surface area contributed by atoms with E-state index in [0.29, 0.717) is 6.42 Å². The summed E-state index contributed by atoms with van der Waals surface area (Å²) in [7, 11) is 0. The average molecular weight is 383 g/mol. The largest absolute Gasteiger partial charge is 0.457 e. The summed E-state index contributed by atoms with van der Waals surface area (Å²) in [6, 6.07) is -1.25. The van der Waals surface area contributed by atoms with E-state index in [1.54, 1.807) is 6.92 Å². The van der Waals surface area contributed by atoms with Crippen molar-refractivity contribution >= 4 is 52.4 Å². The minimum Gasteiger partial charge on any atom is -0.457 e. The minimum absolute atomic E-state index is 0.0624. The molecule has 0 bridgehead atoms. The zero-order valence-corrected chi connectivity index (χ0v) is 15.1. The summed E-state index contributed by atoms with van der Waals surface area (Å²) in [6.07, 6.45) is 3.44. The molecule has 0 heterocycles. The topological polar surface area (TPSA) is 91.8 Å². The maximum Gasteiger partial charge on any atom is 0.420 e. The molecule has 23 heavy (non-hydrogen) atoms. The van der Waals surface area contributed by atoms with Crippen LogP contribution in [0.4, 0.5) is 0 Å². The Balaban J connectivity index is 5.24. The van der Waals surface area contributed by atoms with Crippen molar-refractivity contribution in [2.75, 3.05) is 6.61 Å². The van der Waals surface area contributed by atoms with Crippen molar-refractivity contribution in [3.05, 3.63) is 5.53 Å². The first-order valence-electron chi connectivity index (χ1n) is 7.03. The van der Waals surface area contributed by atoms with E-state index in [2.05, 4.69) is 28.9 Å². The molecule has 128 valence electrons. The fraction of sp³-hybridized carbons (Fsp3) is 0.643. The molecular weight excluding hydrogens is 365 g/mol. The van der Waals surface area contributed by atoms with Gasteiger partial charge in [0, 0.05) is 6.42 Å². The van der Waals surface area contributed by atoms with E-state index in [0.717, 1.165) is 19.3 Å². The molecule has 0 aromatic rings. The first kappa shape index (κ1) is 21.8. The van der Waals surface area contributed by atoms with Gasteiger partial charge in [0.05, 0.1) is 6.61 Å². The summed E-state index contributed by atoms with van der Waals surface area (Å²) >= 11 is 16.4. The lowest BCUT2D eigenvalue weighted by atomic mass is 10.1. The number of amides is 1. The Morgan fingerprint density at radius 3 is 2.43 bits per heavy atom. The van der Waals surface area contributed by atoms with Crippen molar-refractivity contribution in [2.24, 2.45) is 0 Å². The van der Waals surface area contributed by atoms with E-state index < -0.39 is 27.4 Å². The SMILES string of the molecule is CCCCCC#CC(NC(=O)C(Cl)(Cl)Cl)C(=[N+]=[N-])C(=O)OCC. The predicted molar refractivity (Wildman–Crippen MR) is 89.4 cm³/mol. The Bertz CT molecular complexity index is 529. The molecule has 0 saturated heterocycles. The molecule has 9 heteroatoms. The fourth-order valence-electron chi connectivity index (χ4n) is 1.44. The van der Waals surface area contributed by atoms with E-state index in [1.165, 1.54) is 0 Å². The van der Waals surface area contributed by atoms with Crippen molar-refractivity contribution in [2.45, 2.75) is 49.4 Å². The van der Waals surface area contributed by atoms with Gasteiger partial charge in [0.15, 0.2) is 0 Å². The van der Waals surface area contributed by atoms with Gasteiger partial charge in [-0.3, -0.25) is 4.79 Å². The van der Waals surface area contributed by atoms with Gasteiger partial charge in [0.1, 0.15) is 0 Å². The quantitative estimate of drug-likeness (QED) is 0.139. The van der Waals surface area contributed by atoms with Crippen LogP contribution in [0.5, 0.6) is 0 Å². The second kappa shape index (κ2) is 11.3. The van der Waals surface area contributed by atoms with Crippen molar-refractivity contribution in [3.8, 4) is 11.8 Å². The molecule has 0 rings (SSSR count). The molecule has 1 N–H and O–H groups in total. The number of nitrogens with zero attached hydrogens (tertiary/aromatic N) is 2. The van der Waals surface area contributed by atoms with Crippen LogP contribution in [0.3, 0.4) is 0 Å². The molecule has 1 unspecified atom stereocenters. The number of halogens is 3. The highest BCUT2D eigenvalue weighted by atomic mass is 35.6. The number of hydrogen-bond donors (Lipinski definition) is 1. The molecule has 0 spiro atoms. The van der Waals surface area contributed by atoms with E-state index >= 15 is 0 Å². The molecule has 0 aromatic carbocycles. The molecule has 0 aliphatic heterocycles. The van der Waals surface area contributed by atoms with Crippen LogP contribution in [0.2, 0.25) is 0 Å². The van der Waals surface area contributed by atoms with Gasteiger partial charge >= 0.3 is 11.7 Å². The number of carbonyl (C=O) groups excluding carboxylic acids is 2. The Hall–Kier alpha value is -1.25. The lowest BCUT2D eigenvalue weighted by Crippen LogP contribution is -2.48. The third kappa shape index (κ3) is 8.83. The molecule has 0 fully saturated rings. The Morgan fingerprint density at radius 2 is 1.96 bits per heavy atom. The fourth-order valence-corrected chi connectivity index (χ4v) is 1.61. The highest BCUT2D eigenvalue weighted by Gasteiger charge is 2.38. The Morgan fingerprint density at radius 1 is 1.30 bits per heavy atom. The number of nitrogens with one attached hydrogen (secondary N) is 1. The normalized spacial score (nSPS) is 11.5. The van der Waals surface area contributed by atoms with Crippen LogP contribution in [0.25, 0.3) is 5.53 Å². The van der Waals surface area contributed by atoms with Crippen LogP contribution < -0.4 is 5.32 Å². The molecule has 6 nitrogen and oxygen atoms in total. The molecule has 1 amide bonds. The average Bonchev–Trinajstić information content (AvgIpc) is 2.46. The number of ether oxygens (including phenoxy) is 1. The number of rotatable bonds is 7. The van der Waals surface area contributed by atoms with Gasteiger partial charge < -0.3 is 15.6 Å². The van der Waals surface area contributed by atoms with Crippen molar-refractivity contribution < 1.29 is 19.1 Å². The molecule has 0 aliphatic carbocycles. The standard InChI is InChI=1S/C14H18Cl3N3O3/c1-3-5-6-7-8-9-10(19-13(22)14(15,16)17)11(20-18)12(21)23-4-2/h10H,3-7H2,1-2H3,(H,19,22). The van der Waals surface area contributed by atoms with E-state index in [9.17, 15) is 9.59 Å². The van der Waals surface area contributed by atoms with E-state index in [-0.39, 0.29) is 6.61 Å². The van der Waals surface area contributed by atoms with Crippen molar-refractivity contribution in [3.63, 3.8) is 0 Å². The summed E-state index contributed by atoms with van der Waals surface area (Å²) in [4.78, 5) is 26.4. The highest BCUT2D eigenvalue weighted by Crippen LogP contribution is 2.26. The summed E-state index contributed by atoms with van der Waals surface area (Å²) in [6.45, 7) is 3.69. The van der Waals surface area contributed by atoms with Gasteiger partial charge in [-0.15, -0.1) is 5.92 Å². The first-order valence-corrected chi connectivity index (χ1v) is 8.16. The maximum absolute atomic E-state index is 11.8. The number of carbonyl (C=O) groups is 2. The van der Waals surface area contributed by atoms with Gasteiger partial charge in [-0.05, 0) is 13.3 Å². The number of alkyl halides is 3. The maximum atomic E-state index is 11.8. The zero-order valence-electron chi connectivity index (χ0n) is 12.9. The third-order valence-electron chi connectivity index (χ3n) is 2.55. The van der Waals surface area contributed by atoms with E-state index in [4.69, 9.17) is 45.1 Å². The van der Waals surface area contributed by atoms with Gasteiger partial charge in [0.2, 0.25) is 6.04 Å². The second-order valence-corrected chi connectivity index (χ2v) is 6.67. The Kier molecular flexibility index (Phi) is 10.7. The van der Waals surface area contributed by atoms with Crippen molar-refractivity contribution in [1.29, 1.82) is 0 Å². The summed E-state index contributed by atoms with van der Waals surface area (Å²) in [5.41, 5.74) is 8.53. The summed E-state index contributed by atoms with van der Waals surface area (Å²) < 4.78 is 2.50. The minimum atomic E-state index is -2.24. The van der Waals surface area contributed by atoms with Crippen LogP contribution in [-0.4, -0.2) is 38.8 Å². The molecule has 0 radical (unpaired) electrons. The third-order valence-corrected chi connectivity index (χ3v) is 3.07. The van der Waals surface area contributed by atoms with Gasteiger partial charge in [-0.25, -0.2) is 4.79 Å². The molecule has 0 aliphatic rings. The lowest BCUT2D eigenvalue weighted by molar-refractivity contribution is -0.140. The zero-order chi connectivity index (χ0) is 17.9. The van der Waals surface area contributed by atoms with Gasteiger partial charge in [-0.2, -0.15) is 4.79 Å². The Labute approximate surface area is 150 Å². The number of esters is 1. The molecular formula is C14H18Cl3N3O3. The first-order chi connectivity index (χ1) is 10.8. The number of hydrogen-bond acceptors (Lipinski definition) is 3. The van der Waals surface area contributed by atoms with Crippen LogP contribution in [0.15, 0.2) is 0 Å². The summed E-state index contributed by atoms with van der Waals surface area (Å²) in [5.74, 6) is 3.49. The summed E-state index contributed by atoms with van der Waals surface area (Å²) in [5, 5.41) is 2.24. The van der Waals surface area contributed by atoms with Crippen LogP contribution in [0, 0.1) is 11.8 Å². The van der Waals surface area contributed by atoms with Crippen molar-refractivity contribution in [1.82, 2.24) is 5.32 Å². The van der Waals surface area contributed by atoms with Crippen LogP contribution >= 0.6 is 34.8 Å². The van der Waals surface area contributed by atoms with Gasteiger partial charge in [-0.1, -0.05) is 60.5 Å². The molecule has 0 saturated carbocycles. The van der Waals surface area contributed by atoms with Crippen LogP contribution in [-0.2, 0) is 14.3 Å². The lowest BCUT2D eigenvalue weighted by Gasteiger charge is -2.13. The predicted octanol–water partition coefficient (Wildman–Crippen LogP) is 2.66. The van der Waals surface area contributed by atoms with Gasteiger partial charge in [0.25, 0.3) is 9.70 Å².